The van der Waals surface area contributed by atoms with Crippen molar-refractivity contribution < 1.29 is 23.0 Å². The molecule has 0 N–H and O–H groups in total. The number of alkyl halides is 1. The molecule has 0 amide bonds. The molecule has 0 aromatic heterocycles. The zero-order valence-electron chi connectivity index (χ0n) is 22.1. The van der Waals surface area contributed by atoms with Gasteiger partial charge in [-0.15, -0.1) is 0 Å². The maximum absolute atomic E-state index is 14.6. The summed E-state index contributed by atoms with van der Waals surface area (Å²) in [6, 6.07) is 3.00. The van der Waals surface area contributed by atoms with Crippen molar-refractivity contribution in [2.45, 2.75) is 114 Å². The van der Waals surface area contributed by atoms with Crippen LogP contribution in [0.25, 0.3) is 0 Å². The molecule has 202 valence electrons. The molecule has 2 atom stereocenters. The lowest BCUT2D eigenvalue weighted by molar-refractivity contribution is 0.0548. The Morgan fingerprint density at radius 3 is 2.14 bits per heavy atom. The van der Waals surface area contributed by atoms with Gasteiger partial charge in [0.25, 0.3) is 0 Å². The second kappa shape index (κ2) is 17.8. The summed E-state index contributed by atoms with van der Waals surface area (Å²) < 4.78 is 46.6. The van der Waals surface area contributed by atoms with Crippen LogP contribution in [0, 0.1) is 23.5 Å². The molecule has 0 heterocycles. The molecule has 2 unspecified atom stereocenters. The summed E-state index contributed by atoms with van der Waals surface area (Å²) in [5.41, 5.74) is 0. The largest absolute Gasteiger partial charge is 0.490 e. The van der Waals surface area contributed by atoms with Crippen LogP contribution in [0.1, 0.15) is 104 Å². The molecule has 1 aromatic rings. The highest BCUT2D eigenvalue weighted by atomic mass is 127. The Morgan fingerprint density at radius 1 is 0.857 bits per heavy atom. The number of unbranched alkanes of at least 4 members (excludes halogenated alkanes) is 1. The van der Waals surface area contributed by atoms with Gasteiger partial charge in [-0.25, -0.2) is 0 Å². The van der Waals surface area contributed by atoms with E-state index in [-0.39, 0.29) is 11.5 Å². The fourth-order valence-corrected chi connectivity index (χ4v) is 6.19. The van der Waals surface area contributed by atoms with E-state index < -0.39 is 11.6 Å². The summed E-state index contributed by atoms with van der Waals surface area (Å²) in [7, 11) is 1.81. The van der Waals surface area contributed by atoms with Gasteiger partial charge in [0, 0.05) is 11.0 Å². The molecule has 0 saturated heterocycles. The fourth-order valence-electron chi connectivity index (χ4n) is 5.12. The molecule has 0 bridgehead atoms. The second-order valence-corrected chi connectivity index (χ2v) is 12.0. The van der Waals surface area contributed by atoms with Gasteiger partial charge < -0.3 is 14.2 Å². The maximum atomic E-state index is 14.6. The highest BCUT2D eigenvalue weighted by Gasteiger charge is 2.21. The van der Waals surface area contributed by atoms with Crippen molar-refractivity contribution in [3.63, 3.8) is 0 Å². The van der Waals surface area contributed by atoms with Crippen LogP contribution in [0.2, 0.25) is 0 Å². The van der Waals surface area contributed by atoms with Gasteiger partial charge in [0.2, 0.25) is 11.6 Å². The monoisotopic (exact) mass is 608 g/mol. The Hall–Kier alpha value is -0.630. The molecule has 0 aliphatic heterocycles. The highest BCUT2D eigenvalue weighted by Crippen LogP contribution is 2.32. The maximum Gasteiger partial charge on any atom is 0.204 e. The molecule has 3 nitrogen and oxygen atoms in total. The number of ether oxygens (including phenoxy) is 3. The van der Waals surface area contributed by atoms with Gasteiger partial charge in [0.05, 0.1) is 19.3 Å². The fraction of sp³-hybridized carbons (Fsp3) is 0.793. The van der Waals surface area contributed by atoms with E-state index in [1.54, 1.807) is 0 Å². The summed E-state index contributed by atoms with van der Waals surface area (Å²) >= 11 is 2.49. The number of hydrogen-bond acceptors (Lipinski definition) is 3. The molecule has 0 radical (unpaired) electrons. The van der Waals surface area contributed by atoms with E-state index >= 15 is 0 Å². The van der Waals surface area contributed by atoms with Crippen LogP contribution in [0.3, 0.4) is 0 Å². The topological polar surface area (TPSA) is 27.7 Å². The quantitative estimate of drug-likeness (QED) is 0.0945. The van der Waals surface area contributed by atoms with Crippen LogP contribution in [0.5, 0.6) is 11.5 Å². The minimum atomic E-state index is -0.945. The van der Waals surface area contributed by atoms with E-state index in [1.807, 2.05) is 7.11 Å². The normalized spacial score (nSPS) is 19.9. The number of benzene rings is 1. The van der Waals surface area contributed by atoms with Crippen molar-refractivity contribution >= 4 is 22.6 Å². The van der Waals surface area contributed by atoms with Crippen LogP contribution in [0.4, 0.5) is 8.78 Å². The summed E-state index contributed by atoms with van der Waals surface area (Å²) in [5, 5.41) is 0. The Bertz CT molecular complexity index is 695. The van der Waals surface area contributed by atoms with Crippen molar-refractivity contribution in [3.05, 3.63) is 23.8 Å². The van der Waals surface area contributed by atoms with Crippen LogP contribution in [-0.4, -0.2) is 30.4 Å². The standard InChI is InChI=1S/C29H47F2IO3/c1-4-9-23(12-8-11-22-14-16-25(33-3)17-15-22)21-35-27-19-18-26(28(30)29(27)31)34-20-7-6-13-24(32)10-5-2/h18-19,22-25H,4-17,20-21H2,1-3H3. The van der Waals surface area contributed by atoms with E-state index in [4.69, 9.17) is 14.2 Å². The third-order valence-corrected chi connectivity index (χ3v) is 8.55. The van der Waals surface area contributed by atoms with Gasteiger partial charge in [0.15, 0.2) is 11.5 Å². The third kappa shape index (κ3) is 11.5. The van der Waals surface area contributed by atoms with Crippen LogP contribution in [0.15, 0.2) is 12.1 Å². The zero-order valence-corrected chi connectivity index (χ0v) is 24.3. The first kappa shape index (κ1) is 30.6. The van der Waals surface area contributed by atoms with Crippen molar-refractivity contribution in [1.29, 1.82) is 0 Å². The predicted molar refractivity (Wildman–Crippen MR) is 149 cm³/mol. The van der Waals surface area contributed by atoms with Crippen LogP contribution < -0.4 is 9.47 Å². The Labute approximate surface area is 226 Å². The van der Waals surface area contributed by atoms with Gasteiger partial charge in [-0.3, -0.25) is 0 Å². The number of hydrogen-bond donors (Lipinski definition) is 0. The summed E-state index contributed by atoms with van der Waals surface area (Å²) in [4.78, 5) is 0. The first-order valence-corrected chi connectivity index (χ1v) is 15.1. The molecule has 1 fully saturated rings. The average molecular weight is 609 g/mol. The predicted octanol–water partition coefficient (Wildman–Crippen LogP) is 9.29. The SMILES string of the molecule is CCCC(I)CCCCOc1ccc(OCC(CCC)CCCC2CCC(OC)CC2)c(F)c1F. The van der Waals surface area contributed by atoms with Gasteiger partial charge >= 0.3 is 0 Å². The summed E-state index contributed by atoms with van der Waals surface area (Å²) in [5.74, 6) is -0.767. The zero-order chi connectivity index (χ0) is 25.5. The lowest BCUT2D eigenvalue weighted by Gasteiger charge is -2.28. The number of rotatable bonds is 18. The molecule has 35 heavy (non-hydrogen) atoms. The molecular formula is C29H47F2IO3. The molecule has 1 aliphatic carbocycles. The minimum Gasteiger partial charge on any atom is -0.490 e. The molecule has 6 heteroatoms. The van der Waals surface area contributed by atoms with Gasteiger partial charge in [-0.05, 0) is 88.2 Å². The molecule has 1 aromatic carbocycles. The molecular weight excluding hydrogens is 561 g/mol. The minimum absolute atomic E-state index is 0.0128. The van der Waals surface area contributed by atoms with E-state index in [0.29, 0.717) is 29.2 Å². The first-order chi connectivity index (χ1) is 17.0. The van der Waals surface area contributed by atoms with Crippen molar-refractivity contribution in [3.8, 4) is 11.5 Å². The Balaban J connectivity index is 1.74. The van der Waals surface area contributed by atoms with Crippen LogP contribution in [-0.2, 0) is 4.74 Å². The average Bonchev–Trinajstić information content (AvgIpc) is 2.86. The van der Waals surface area contributed by atoms with Crippen LogP contribution >= 0.6 is 22.6 Å². The lowest BCUT2D eigenvalue weighted by Crippen LogP contribution is -2.20. The van der Waals surface area contributed by atoms with Gasteiger partial charge in [-0.1, -0.05) is 62.1 Å². The summed E-state index contributed by atoms with van der Waals surface area (Å²) in [6.07, 6.45) is 16.3. The molecule has 2 rings (SSSR count). The molecule has 1 saturated carbocycles. The van der Waals surface area contributed by atoms with E-state index in [9.17, 15) is 8.78 Å². The lowest BCUT2D eigenvalue weighted by atomic mass is 9.83. The second-order valence-electron chi connectivity index (χ2n) is 10.2. The molecule has 0 spiro atoms. The Kier molecular flexibility index (Phi) is 15.5. The van der Waals surface area contributed by atoms with Crippen molar-refractivity contribution in [2.75, 3.05) is 20.3 Å². The van der Waals surface area contributed by atoms with Crippen molar-refractivity contribution in [2.24, 2.45) is 11.8 Å². The Morgan fingerprint density at radius 2 is 1.51 bits per heavy atom. The van der Waals surface area contributed by atoms with E-state index in [0.717, 1.165) is 50.9 Å². The third-order valence-electron chi connectivity index (χ3n) is 7.31. The van der Waals surface area contributed by atoms with E-state index in [1.165, 1.54) is 57.1 Å². The number of halogens is 3. The first-order valence-electron chi connectivity index (χ1n) is 13.9. The van der Waals surface area contributed by atoms with E-state index in [2.05, 4.69) is 36.4 Å². The van der Waals surface area contributed by atoms with Crippen molar-refractivity contribution in [1.82, 2.24) is 0 Å². The number of methoxy groups -OCH3 is 1. The highest BCUT2D eigenvalue weighted by molar-refractivity contribution is 14.1. The summed E-state index contributed by atoms with van der Waals surface area (Å²) in [6.45, 7) is 5.18. The molecule has 1 aliphatic rings. The smallest absolute Gasteiger partial charge is 0.204 e. The van der Waals surface area contributed by atoms with Gasteiger partial charge in [-0.2, -0.15) is 8.78 Å². The van der Waals surface area contributed by atoms with Gasteiger partial charge in [0.1, 0.15) is 0 Å².